The van der Waals surface area contributed by atoms with E-state index in [0.717, 1.165) is 12.8 Å². The van der Waals surface area contributed by atoms with Gasteiger partial charge in [0.25, 0.3) is 0 Å². The van der Waals surface area contributed by atoms with Gasteiger partial charge in [-0.15, -0.1) is 0 Å². The van der Waals surface area contributed by atoms with Crippen LogP contribution in [0.1, 0.15) is 29.5 Å². The van der Waals surface area contributed by atoms with Gasteiger partial charge >= 0.3 is 0 Å². The number of nitrogens with two attached hydrogens (primary N) is 1. The van der Waals surface area contributed by atoms with Crippen molar-refractivity contribution in [2.24, 2.45) is 5.73 Å². The molecule has 2 N–H and O–H groups in total. The molecule has 0 unspecified atom stereocenters. The zero-order valence-corrected chi connectivity index (χ0v) is 7.72. The van der Waals surface area contributed by atoms with Gasteiger partial charge in [-0.25, -0.2) is 0 Å². The Bertz CT molecular complexity index is 311. The minimum Gasteiger partial charge on any atom is -0.321 e. The number of rotatable bonds is 1. The van der Waals surface area contributed by atoms with Crippen molar-refractivity contribution < 1.29 is 0 Å². The highest BCUT2D eigenvalue weighted by atomic mass is 14.8. The third-order valence-corrected chi connectivity index (χ3v) is 2.93. The van der Waals surface area contributed by atoms with Crippen molar-refractivity contribution in [3.8, 4) is 0 Å². The lowest BCUT2D eigenvalue weighted by Crippen LogP contribution is -2.20. The Morgan fingerprint density at radius 1 is 1.25 bits per heavy atom. The molecule has 0 aromatic heterocycles. The van der Waals surface area contributed by atoms with E-state index < -0.39 is 0 Å². The second-order valence-electron chi connectivity index (χ2n) is 3.90. The van der Waals surface area contributed by atoms with Crippen LogP contribution in [0.25, 0.3) is 0 Å². The topological polar surface area (TPSA) is 26.0 Å². The van der Waals surface area contributed by atoms with Crippen LogP contribution in [-0.4, -0.2) is 0 Å². The van der Waals surface area contributed by atoms with E-state index >= 15 is 0 Å². The van der Waals surface area contributed by atoms with Crippen molar-refractivity contribution in [1.29, 1.82) is 0 Å². The van der Waals surface area contributed by atoms with Gasteiger partial charge in [-0.2, -0.15) is 0 Å². The lowest BCUT2D eigenvalue weighted by molar-refractivity contribution is 0.732. The molecule has 0 saturated heterocycles. The molecule has 0 radical (unpaired) electrons. The van der Waals surface area contributed by atoms with Gasteiger partial charge < -0.3 is 5.73 Å². The molecule has 1 heteroatoms. The minimum atomic E-state index is 0.0239. The molecular weight excluding hydrogens is 146 g/mol. The van der Waals surface area contributed by atoms with Crippen LogP contribution in [0.4, 0.5) is 0 Å². The van der Waals surface area contributed by atoms with Gasteiger partial charge in [-0.05, 0) is 43.4 Å². The number of hydrogen-bond donors (Lipinski definition) is 1. The molecule has 1 nitrogen and oxygen atoms in total. The summed E-state index contributed by atoms with van der Waals surface area (Å²) < 4.78 is 0. The lowest BCUT2D eigenvalue weighted by atomic mass is 9.96. The van der Waals surface area contributed by atoms with Gasteiger partial charge in [0.15, 0.2) is 0 Å². The second-order valence-corrected chi connectivity index (χ2v) is 3.90. The fourth-order valence-electron chi connectivity index (χ4n) is 1.69. The van der Waals surface area contributed by atoms with Crippen molar-refractivity contribution in [2.75, 3.05) is 0 Å². The van der Waals surface area contributed by atoms with Crippen LogP contribution in [0, 0.1) is 13.8 Å². The minimum absolute atomic E-state index is 0.0239. The second kappa shape index (κ2) is 2.33. The third kappa shape index (κ3) is 1.05. The SMILES string of the molecule is Cc1cccc(C2(N)CC2)c1C. The number of benzene rings is 1. The van der Waals surface area contributed by atoms with E-state index in [1.807, 2.05) is 0 Å². The molecule has 0 aliphatic heterocycles. The third-order valence-electron chi connectivity index (χ3n) is 2.93. The van der Waals surface area contributed by atoms with Crippen LogP contribution >= 0.6 is 0 Å². The Morgan fingerprint density at radius 2 is 1.92 bits per heavy atom. The summed E-state index contributed by atoms with van der Waals surface area (Å²) in [7, 11) is 0. The maximum Gasteiger partial charge on any atom is 0.0414 e. The van der Waals surface area contributed by atoms with E-state index in [-0.39, 0.29) is 5.54 Å². The summed E-state index contributed by atoms with van der Waals surface area (Å²) in [4.78, 5) is 0. The van der Waals surface area contributed by atoms with Gasteiger partial charge in [0.1, 0.15) is 0 Å². The van der Waals surface area contributed by atoms with E-state index in [9.17, 15) is 0 Å². The van der Waals surface area contributed by atoms with E-state index in [4.69, 9.17) is 5.73 Å². The molecule has 0 atom stereocenters. The van der Waals surface area contributed by atoms with Crippen molar-refractivity contribution in [2.45, 2.75) is 32.2 Å². The highest BCUT2D eigenvalue weighted by Gasteiger charge is 2.40. The Kier molecular flexibility index (Phi) is 1.52. The molecule has 1 aliphatic rings. The molecule has 0 bridgehead atoms. The predicted molar refractivity (Wildman–Crippen MR) is 51.0 cm³/mol. The fraction of sp³-hybridized carbons (Fsp3) is 0.455. The molecule has 0 spiro atoms. The fourth-order valence-corrected chi connectivity index (χ4v) is 1.69. The Balaban J connectivity index is 2.51. The molecule has 1 saturated carbocycles. The zero-order valence-electron chi connectivity index (χ0n) is 7.72. The smallest absolute Gasteiger partial charge is 0.0414 e. The van der Waals surface area contributed by atoms with Crippen LogP contribution in [-0.2, 0) is 5.54 Å². The summed E-state index contributed by atoms with van der Waals surface area (Å²) in [6, 6.07) is 6.41. The quantitative estimate of drug-likeness (QED) is 0.671. The first kappa shape index (κ1) is 7.81. The first-order valence-corrected chi connectivity index (χ1v) is 4.49. The normalized spacial score (nSPS) is 19.2. The highest BCUT2D eigenvalue weighted by molar-refractivity contribution is 5.40. The maximum atomic E-state index is 6.14. The van der Waals surface area contributed by atoms with E-state index in [1.54, 1.807) is 0 Å². The molecule has 1 fully saturated rings. The Labute approximate surface area is 73.6 Å². The first-order chi connectivity index (χ1) is 5.63. The molecule has 1 aromatic rings. The van der Waals surface area contributed by atoms with Crippen molar-refractivity contribution in [3.63, 3.8) is 0 Å². The Hall–Kier alpha value is -0.820. The van der Waals surface area contributed by atoms with Crippen molar-refractivity contribution >= 4 is 0 Å². The monoisotopic (exact) mass is 161 g/mol. The molecule has 0 heterocycles. The average molecular weight is 161 g/mol. The van der Waals surface area contributed by atoms with Crippen LogP contribution < -0.4 is 5.73 Å². The standard InChI is InChI=1S/C11H15N/c1-8-4-3-5-10(9(8)2)11(12)6-7-11/h3-5H,6-7,12H2,1-2H3. The van der Waals surface area contributed by atoms with Crippen LogP contribution in [0.5, 0.6) is 0 Å². The highest BCUT2D eigenvalue weighted by Crippen LogP contribution is 2.44. The van der Waals surface area contributed by atoms with Gasteiger partial charge in [0.2, 0.25) is 0 Å². The van der Waals surface area contributed by atoms with Crippen molar-refractivity contribution in [3.05, 3.63) is 34.9 Å². The average Bonchev–Trinajstić information content (AvgIpc) is 2.75. The molecule has 2 rings (SSSR count). The van der Waals surface area contributed by atoms with Gasteiger partial charge in [-0.1, -0.05) is 18.2 Å². The van der Waals surface area contributed by atoms with Gasteiger partial charge in [0, 0.05) is 5.54 Å². The summed E-state index contributed by atoms with van der Waals surface area (Å²) >= 11 is 0. The summed E-state index contributed by atoms with van der Waals surface area (Å²) in [5.74, 6) is 0. The number of aryl methyl sites for hydroxylation is 1. The maximum absolute atomic E-state index is 6.14. The van der Waals surface area contributed by atoms with Gasteiger partial charge in [-0.3, -0.25) is 0 Å². The van der Waals surface area contributed by atoms with E-state index in [1.165, 1.54) is 16.7 Å². The molecule has 0 amide bonds. The molecule has 1 aromatic carbocycles. The van der Waals surface area contributed by atoms with Crippen LogP contribution in [0.3, 0.4) is 0 Å². The largest absolute Gasteiger partial charge is 0.321 e. The molecule has 1 aliphatic carbocycles. The molecule has 64 valence electrons. The van der Waals surface area contributed by atoms with Crippen molar-refractivity contribution in [1.82, 2.24) is 0 Å². The molecular formula is C11H15N. The summed E-state index contributed by atoms with van der Waals surface area (Å²) in [6.45, 7) is 4.31. The molecule has 12 heavy (non-hydrogen) atoms. The zero-order chi connectivity index (χ0) is 8.77. The van der Waals surface area contributed by atoms with Gasteiger partial charge in [0.05, 0.1) is 0 Å². The van der Waals surface area contributed by atoms with Crippen LogP contribution in [0.2, 0.25) is 0 Å². The number of hydrogen-bond acceptors (Lipinski definition) is 1. The summed E-state index contributed by atoms with van der Waals surface area (Å²) in [5, 5.41) is 0. The van der Waals surface area contributed by atoms with Crippen LogP contribution in [0.15, 0.2) is 18.2 Å². The predicted octanol–water partition coefficient (Wildman–Crippen LogP) is 2.25. The van der Waals surface area contributed by atoms with E-state index in [0.29, 0.717) is 0 Å². The lowest BCUT2D eigenvalue weighted by Gasteiger charge is -2.14. The van der Waals surface area contributed by atoms with E-state index in [2.05, 4.69) is 32.0 Å². The summed E-state index contributed by atoms with van der Waals surface area (Å²) in [5.41, 5.74) is 10.2. The first-order valence-electron chi connectivity index (χ1n) is 4.49. The Morgan fingerprint density at radius 3 is 2.50 bits per heavy atom. The summed E-state index contributed by atoms with van der Waals surface area (Å²) in [6.07, 6.45) is 2.30.